The van der Waals surface area contributed by atoms with Crippen LogP contribution in [-0.4, -0.2) is 43.8 Å². The minimum absolute atomic E-state index is 0.0110. The minimum atomic E-state index is -4.26. The summed E-state index contributed by atoms with van der Waals surface area (Å²) in [4.78, 5) is 29.6. The molecule has 2 amide bonds. The van der Waals surface area contributed by atoms with Crippen molar-refractivity contribution in [1.29, 1.82) is 0 Å². The lowest BCUT2D eigenvalue weighted by molar-refractivity contribution is -0.140. The third-order valence-corrected chi connectivity index (χ3v) is 9.62. The summed E-state index contributed by atoms with van der Waals surface area (Å²) in [6, 6.07) is 26.5. The van der Waals surface area contributed by atoms with Gasteiger partial charge in [-0.2, -0.15) is 0 Å². The van der Waals surface area contributed by atoms with Gasteiger partial charge in [-0.25, -0.2) is 12.8 Å². The van der Waals surface area contributed by atoms with Crippen LogP contribution in [0.3, 0.4) is 0 Å². The van der Waals surface area contributed by atoms with E-state index in [1.165, 1.54) is 23.1 Å². The van der Waals surface area contributed by atoms with Crippen LogP contribution in [0.25, 0.3) is 0 Å². The van der Waals surface area contributed by atoms with Gasteiger partial charge in [0.05, 0.1) is 10.6 Å². The zero-order valence-corrected chi connectivity index (χ0v) is 27.1. The molecular weight excluding hydrogens is 613 g/mol. The van der Waals surface area contributed by atoms with Gasteiger partial charge >= 0.3 is 0 Å². The Morgan fingerprint density at radius 2 is 1.53 bits per heavy atom. The van der Waals surface area contributed by atoms with E-state index in [0.29, 0.717) is 17.0 Å². The molecule has 0 aromatic heterocycles. The molecule has 0 unspecified atom stereocenters. The van der Waals surface area contributed by atoms with E-state index in [1.807, 2.05) is 44.2 Å². The van der Waals surface area contributed by atoms with Crippen molar-refractivity contribution in [2.24, 2.45) is 0 Å². The van der Waals surface area contributed by atoms with Gasteiger partial charge < -0.3 is 10.2 Å². The number of benzene rings is 4. The van der Waals surface area contributed by atoms with Crippen LogP contribution in [0.1, 0.15) is 37.0 Å². The number of rotatable bonds is 13. The quantitative estimate of drug-likeness (QED) is 0.178. The molecule has 0 spiro atoms. The Morgan fingerprint density at radius 3 is 2.16 bits per heavy atom. The molecule has 0 aliphatic carbocycles. The summed E-state index contributed by atoms with van der Waals surface area (Å²) in [6.45, 7) is 4.60. The van der Waals surface area contributed by atoms with Gasteiger partial charge in [0.2, 0.25) is 11.8 Å². The Morgan fingerprint density at radius 1 is 0.911 bits per heavy atom. The fourth-order valence-electron chi connectivity index (χ4n) is 4.94. The topological polar surface area (TPSA) is 86.8 Å². The molecular formula is C35H37ClFN3O4S. The van der Waals surface area contributed by atoms with Crippen LogP contribution in [0.4, 0.5) is 10.1 Å². The van der Waals surface area contributed by atoms with Crippen molar-refractivity contribution in [3.63, 3.8) is 0 Å². The molecule has 0 radical (unpaired) electrons. The molecule has 45 heavy (non-hydrogen) atoms. The molecule has 10 heteroatoms. The van der Waals surface area contributed by atoms with Crippen molar-refractivity contribution in [2.75, 3.05) is 10.8 Å². The van der Waals surface area contributed by atoms with Gasteiger partial charge in [-0.15, -0.1) is 0 Å². The number of hydrogen-bond acceptors (Lipinski definition) is 4. The van der Waals surface area contributed by atoms with Crippen LogP contribution in [0, 0.1) is 12.7 Å². The second kappa shape index (κ2) is 15.2. The van der Waals surface area contributed by atoms with Crippen LogP contribution in [0.2, 0.25) is 5.02 Å². The molecule has 0 fully saturated rings. The number of amides is 2. The second-order valence-corrected chi connectivity index (χ2v) is 13.2. The summed E-state index contributed by atoms with van der Waals surface area (Å²) in [5.74, 6) is -1.64. The zero-order valence-electron chi connectivity index (χ0n) is 25.5. The van der Waals surface area contributed by atoms with E-state index < -0.39 is 40.2 Å². The number of nitrogens with zero attached hydrogens (tertiary/aromatic N) is 2. The Balaban J connectivity index is 1.83. The van der Waals surface area contributed by atoms with Crippen molar-refractivity contribution in [1.82, 2.24) is 10.2 Å². The molecule has 0 saturated heterocycles. The average molecular weight is 650 g/mol. The van der Waals surface area contributed by atoms with Crippen molar-refractivity contribution >= 4 is 39.1 Å². The predicted molar refractivity (Wildman–Crippen MR) is 176 cm³/mol. The smallest absolute Gasteiger partial charge is 0.264 e. The number of aryl methyl sites for hydroxylation is 1. The third-order valence-electron chi connectivity index (χ3n) is 7.61. The second-order valence-electron chi connectivity index (χ2n) is 10.9. The molecule has 0 aliphatic heterocycles. The maximum atomic E-state index is 15.0. The molecule has 1 N–H and O–H groups in total. The standard InChI is InChI=1S/C35H37ClFN3O4S/c1-4-26(3)38-35(42)33(22-27-13-7-5-8-14-27)39(23-28-15-11-12-18-31(28)37)34(41)24-40(32-20-19-29(36)21-25(32)2)45(43,44)30-16-9-6-10-17-30/h5-21,26,33H,4,22-24H2,1-3H3,(H,38,42)/t26-,33-/m0/s1. The highest BCUT2D eigenvalue weighted by molar-refractivity contribution is 7.92. The van der Waals surface area contributed by atoms with Gasteiger partial charge in [0.1, 0.15) is 18.4 Å². The predicted octanol–water partition coefficient (Wildman–Crippen LogP) is 6.54. The summed E-state index contributed by atoms with van der Waals surface area (Å²) >= 11 is 6.20. The fraction of sp³-hybridized carbons (Fsp3) is 0.257. The lowest BCUT2D eigenvalue weighted by atomic mass is 10.0. The first kappa shape index (κ1) is 33.7. The average Bonchev–Trinajstić information content (AvgIpc) is 3.03. The lowest BCUT2D eigenvalue weighted by Crippen LogP contribution is -2.54. The summed E-state index contributed by atoms with van der Waals surface area (Å²) < 4.78 is 44.3. The normalized spacial score (nSPS) is 12.6. The Hall–Kier alpha value is -4.21. The number of carbonyl (C=O) groups is 2. The van der Waals surface area contributed by atoms with E-state index in [2.05, 4.69) is 5.32 Å². The number of nitrogens with one attached hydrogen (secondary N) is 1. The zero-order chi connectivity index (χ0) is 32.6. The molecule has 7 nitrogen and oxygen atoms in total. The SMILES string of the molecule is CC[C@H](C)NC(=O)[C@H](Cc1ccccc1)N(Cc1ccccc1F)C(=O)CN(c1ccc(Cl)cc1C)S(=O)(=O)c1ccccc1. The summed E-state index contributed by atoms with van der Waals surface area (Å²) in [6.07, 6.45) is 0.790. The highest BCUT2D eigenvalue weighted by Crippen LogP contribution is 2.29. The highest BCUT2D eigenvalue weighted by Gasteiger charge is 2.35. The maximum absolute atomic E-state index is 15.0. The van der Waals surface area contributed by atoms with Crippen molar-refractivity contribution < 1.29 is 22.4 Å². The summed E-state index contributed by atoms with van der Waals surface area (Å²) in [7, 11) is -4.26. The molecule has 4 rings (SSSR count). The van der Waals surface area contributed by atoms with Gasteiger partial charge in [-0.3, -0.25) is 13.9 Å². The molecule has 0 heterocycles. The van der Waals surface area contributed by atoms with Crippen LogP contribution in [0.5, 0.6) is 0 Å². The van der Waals surface area contributed by atoms with Crippen LogP contribution >= 0.6 is 11.6 Å². The van der Waals surface area contributed by atoms with E-state index in [1.54, 1.807) is 61.5 Å². The number of halogens is 2. The molecule has 4 aromatic rings. The molecule has 0 bridgehead atoms. The summed E-state index contributed by atoms with van der Waals surface area (Å²) in [5, 5.41) is 3.38. The van der Waals surface area contributed by atoms with Gasteiger partial charge in [0.15, 0.2) is 0 Å². The number of sulfonamides is 1. The minimum Gasteiger partial charge on any atom is -0.352 e. The number of anilines is 1. The molecule has 0 saturated carbocycles. The van der Waals surface area contributed by atoms with E-state index in [-0.39, 0.29) is 35.2 Å². The van der Waals surface area contributed by atoms with Crippen molar-refractivity contribution in [3.05, 3.63) is 131 Å². The molecule has 0 aliphatic rings. The van der Waals surface area contributed by atoms with Gasteiger partial charge in [-0.05, 0) is 67.8 Å². The highest BCUT2D eigenvalue weighted by atomic mass is 35.5. The van der Waals surface area contributed by atoms with Gasteiger partial charge in [0, 0.05) is 29.6 Å². The van der Waals surface area contributed by atoms with Crippen LogP contribution in [0.15, 0.2) is 108 Å². The number of hydrogen-bond donors (Lipinski definition) is 1. The fourth-order valence-corrected chi connectivity index (χ4v) is 6.66. The first-order valence-corrected chi connectivity index (χ1v) is 16.5. The maximum Gasteiger partial charge on any atom is 0.264 e. The first-order chi connectivity index (χ1) is 21.5. The Bertz CT molecular complexity index is 1720. The third kappa shape index (κ3) is 8.49. The molecule has 2 atom stereocenters. The molecule has 4 aromatic carbocycles. The van der Waals surface area contributed by atoms with Crippen molar-refractivity contribution in [2.45, 2.75) is 57.1 Å². The van der Waals surface area contributed by atoms with E-state index in [9.17, 15) is 18.0 Å². The Kier molecular flexibility index (Phi) is 11.4. The van der Waals surface area contributed by atoms with Crippen molar-refractivity contribution in [3.8, 4) is 0 Å². The largest absolute Gasteiger partial charge is 0.352 e. The number of carbonyl (C=O) groups excluding carboxylic acids is 2. The Labute approximate surface area is 269 Å². The van der Waals surface area contributed by atoms with Gasteiger partial charge in [0.25, 0.3) is 10.0 Å². The van der Waals surface area contributed by atoms with Crippen LogP contribution in [-0.2, 0) is 32.6 Å². The summed E-state index contributed by atoms with van der Waals surface area (Å²) in [5.41, 5.74) is 1.77. The van der Waals surface area contributed by atoms with E-state index >= 15 is 4.39 Å². The lowest BCUT2D eigenvalue weighted by Gasteiger charge is -2.34. The van der Waals surface area contributed by atoms with Crippen LogP contribution < -0.4 is 9.62 Å². The monoisotopic (exact) mass is 649 g/mol. The van der Waals surface area contributed by atoms with E-state index in [4.69, 9.17) is 11.6 Å². The van der Waals surface area contributed by atoms with Gasteiger partial charge in [-0.1, -0.05) is 85.3 Å². The first-order valence-electron chi connectivity index (χ1n) is 14.7. The van der Waals surface area contributed by atoms with E-state index in [0.717, 1.165) is 9.87 Å². The molecule has 236 valence electrons.